The Hall–Kier alpha value is -2.87. The van der Waals surface area contributed by atoms with Crippen LogP contribution in [0.5, 0.6) is 5.75 Å². The zero-order valence-electron chi connectivity index (χ0n) is 15.0. The van der Waals surface area contributed by atoms with Gasteiger partial charge in [-0.2, -0.15) is 4.98 Å². The fraction of sp³-hybridized carbons (Fsp3) is 0.263. The van der Waals surface area contributed by atoms with Crippen molar-refractivity contribution in [3.05, 3.63) is 53.9 Å². The van der Waals surface area contributed by atoms with Crippen LogP contribution in [0.4, 0.5) is 5.69 Å². The van der Waals surface area contributed by atoms with Crippen LogP contribution in [-0.2, 0) is 10.0 Å². The molecule has 27 heavy (non-hydrogen) atoms. The minimum atomic E-state index is -3.77. The standard InChI is InChI=1S/C19H19N3O4S/c1-12-3-4-14(18-20-19(26-21-18)13-5-6-13)11-17(12)27(23,24)22-15-7-9-16(25-2)10-8-15/h3-4,7-11,13,22H,5-6H2,1-2H3. The van der Waals surface area contributed by atoms with Crippen LogP contribution in [0.2, 0.25) is 0 Å². The highest BCUT2D eigenvalue weighted by atomic mass is 32.2. The van der Waals surface area contributed by atoms with E-state index in [0.717, 1.165) is 12.8 Å². The van der Waals surface area contributed by atoms with Gasteiger partial charge in [0.15, 0.2) is 0 Å². The lowest BCUT2D eigenvalue weighted by Crippen LogP contribution is -2.14. The second-order valence-electron chi connectivity index (χ2n) is 6.54. The second-order valence-corrected chi connectivity index (χ2v) is 8.20. The van der Waals surface area contributed by atoms with E-state index in [4.69, 9.17) is 9.26 Å². The Kier molecular flexibility index (Phi) is 4.35. The average molecular weight is 385 g/mol. The molecule has 4 rings (SSSR count). The Morgan fingerprint density at radius 2 is 1.89 bits per heavy atom. The van der Waals surface area contributed by atoms with Gasteiger partial charge in [0.2, 0.25) is 11.7 Å². The van der Waals surface area contributed by atoms with Crippen LogP contribution in [-0.4, -0.2) is 25.7 Å². The molecule has 0 radical (unpaired) electrons. The summed E-state index contributed by atoms with van der Waals surface area (Å²) in [5.41, 5.74) is 1.69. The molecule has 7 nitrogen and oxygen atoms in total. The normalized spacial score (nSPS) is 14.1. The highest BCUT2D eigenvalue weighted by Gasteiger charge is 2.30. The Bertz CT molecular complexity index is 1070. The summed E-state index contributed by atoms with van der Waals surface area (Å²) in [5, 5.41) is 3.99. The summed E-state index contributed by atoms with van der Waals surface area (Å²) in [6, 6.07) is 11.8. The van der Waals surface area contributed by atoms with E-state index in [2.05, 4.69) is 14.9 Å². The number of benzene rings is 2. The van der Waals surface area contributed by atoms with Gasteiger partial charge in [-0.15, -0.1) is 0 Å². The zero-order valence-corrected chi connectivity index (χ0v) is 15.8. The fourth-order valence-corrected chi connectivity index (χ4v) is 4.08. The van der Waals surface area contributed by atoms with Crippen LogP contribution in [0, 0.1) is 6.92 Å². The van der Waals surface area contributed by atoms with Crippen molar-refractivity contribution in [3.63, 3.8) is 0 Å². The number of nitrogens with zero attached hydrogens (tertiary/aromatic N) is 2. The first-order valence-electron chi connectivity index (χ1n) is 8.58. The Balaban J connectivity index is 1.64. The lowest BCUT2D eigenvalue weighted by atomic mass is 10.1. The number of sulfonamides is 1. The van der Waals surface area contributed by atoms with Gasteiger partial charge >= 0.3 is 0 Å². The number of aromatic nitrogens is 2. The predicted molar refractivity (Wildman–Crippen MR) is 100 cm³/mol. The maximum absolute atomic E-state index is 12.9. The summed E-state index contributed by atoms with van der Waals surface area (Å²) in [7, 11) is -2.21. The molecule has 1 heterocycles. The molecule has 1 N–H and O–H groups in total. The number of ether oxygens (including phenoxy) is 1. The topological polar surface area (TPSA) is 94.3 Å². The maximum atomic E-state index is 12.9. The number of aryl methyl sites for hydroxylation is 1. The summed E-state index contributed by atoms with van der Waals surface area (Å²) >= 11 is 0. The predicted octanol–water partition coefficient (Wildman–Crippen LogP) is 3.73. The average Bonchev–Trinajstić information content (AvgIpc) is 3.39. The van der Waals surface area contributed by atoms with Gasteiger partial charge in [0.05, 0.1) is 12.0 Å². The van der Waals surface area contributed by atoms with Gasteiger partial charge in [0, 0.05) is 17.2 Å². The van der Waals surface area contributed by atoms with Gasteiger partial charge in [-0.05, 0) is 55.7 Å². The van der Waals surface area contributed by atoms with Gasteiger partial charge in [-0.3, -0.25) is 4.72 Å². The number of nitrogens with one attached hydrogen (secondary N) is 1. The third-order valence-corrected chi connectivity index (χ3v) is 5.97. The summed E-state index contributed by atoms with van der Waals surface area (Å²) in [5.74, 6) is 2.01. The first kappa shape index (κ1) is 17.5. The summed E-state index contributed by atoms with van der Waals surface area (Å²) in [4.78, 5) is 4.57. The van der Waals surface area contributed by atoms with E-state index < -0.39 is 10.0 Å². The third kappa shape index (κ3) is 3.66. The van der Waals surface area contributed by atoms with Crippen LogP contribution in [0.25, 0.3) is 11.4 Å². The van der Waals surface area contributed by atoms with Gasteiger partial charge in [0.1, 0.15) is 5.75 Å². The first-order chi connectivity index (χ1) is 13.0. The molecule has 0 spiro atoms. The van der Waals surface area contributed by atoms with Crippen LogP contribution in [0.1, 0.15) is 30.2 Å². The molecule has 0 aliphatic heterocycles. The number of methoxy groups -OCH3 is 1. The number of hydrogen-bond donors (Lipinski definition) is 1. The Morgan fingerprint density at radius 1 is 1.15 bits per heavy atom. The molecule has 0 atom stereocenters. The molecular weight excluding hydrogens is 366 g/mol. The maximum Gasteiger partial charge on any atom is 0.262 e. The number of anilines is 1. The van der Waals surface area contributed by atoms with Crippen molar-refractivity contribution in [3.8, 4) is 17.1 Å². The molecule has 8 heteroatoms. The van der Waals surface area contributed by atoms with E-state index in [1.807, 2.05) is 0 Å². The molecule has 1 saturated carbocycles. The largest absolute Gasteiger partial charge is 0.497 e. The highest BCUT2D eigenvalue weighted by Crippen LogP contribution is 2.39. The molecule has 0 unspecified atom stereocenters. The molecule has 0 saturated heterocycles. The number of hydrogen-bond acceptors (Lipinski definition) is 6. The summed E-state index contributed by atoms with van der Waals surface area (Å²) in [6.07, 6.45) is 2.11. The molecule has 0 amide bonds. The van der Waals surface area contributed by atoms with Crippen LogP contribution in [0.15, 0.2) is 51.9 Å². The molecular formula is C19H19N3O4S. The van der Waals surface area contributed by atoms with Crippen LogP contribution >= 0.6 is 0 Å². The van der Waals surface area contributed by atoms with E-state index in [9.17, 15) is 8.42 Å². The zero-order chi connectivity index (χ0) is 19.0. The third-order valence-electron chi connectivity index (χ3n) is 4.45. The van der Waals surface area contributed by atoms with E-state index in [0.29, 0.717) is 40.2 Å². The van der Waals surface area contributed by atoms with Gasteiger partial charge in [-0.1, -0.05) is 17.3 Å². The van der Waals surface area contributed by atoms with Crippen molar-refractivity contribution >= 4 is 15.7 Å². The molecule has 2 aromatic carbocycles. The van der Waals surface area contributed by atoms with Crippen LogP contribution in [0.3, 0.4) is 0 Å². The lowest BCUT2D eigenvalue weighted by molar-refractivity contribution is 0.380. The van der Waals surface area contributed by atoms with Crippen molar-refractivity contribution < 1.29 is 17.7 Å². The van der Waals surface area contributed by atoms with Gasteiger partial charge in [-0.25, -0.2) is 8.42 Å². The van der Waals surface area contributed by atoms with Crippen molar-refractivity contribution in [2.45, 2.75) is 30.6 Å². The van der Waals surface area contributed by atoms with Crippen molar-refractivity contribution in [2.75, 3.05) is 11.8 Å². The number of rotatable bonds is 6. The quantitative estimate of drug-likeness (QED) is 0.695. The Morgan fingerprint density at radius 3 is 2.56 bits per heavy atom. The molecule has 1 aromatic heterocycles. The SMILES string of the molecule is COc1ccc(NS(=O)(=O)c2cc(-c3noc(C4CC4)n3)ccc2C)cc1. The molecule has 1 aliphatic rings. The molecule has 1 fully saturated rings. The van der Waals surface area contributed by atoms with E-state index in [-0.39, 0.29) is 4.90 Å². The smallest absolute Gasteiger partial charge is 0.262 e. The monoisotopic (exact) mass is 385 g/mol. The minimum absolute atomic E-state index is 0.175. The van der Waals surface area contributed by atoms with E-state index >= 15 is 0 Å². The minimum Gasteiger partial charge on any atom is -0.497 e. The second kappa shape index (κ2) is 6.70. The van der Waals surface area contributed by atoms with E-state index in [1.54, 1.807) is 56.5 Å². The highest BCUT2D eigenvalue weighted by molar-refractivity contribution is 7.92. The van der Waals surface area contributed by atoms with Crippen molar-refractivity contribution in [1.82, 2.24) is 10.1 Å². The first-order valence-corrected chi connectivity index (χ1v) is 10.1. The lowest BCUT2D eigenvalue weighted by Gasteiger charge is -2.11. The molecule has 140 valence electrons. The molecule has 3 aromatic rings. The van der Waals surface area contributed by atoms with Crippen molar-refractivity contribution in [1.29, 1.82) is 0 Å². The van der Waals surface area contributed by atoms with Crippen molar-refractivity contribution in [2.24, 2.45) is 0 Å². The Labute approximate surface area is 157 Å². The fourth-order valence-electron chi connectivity index (χ4n) is 2.75. The molecule has 0 bridgehead atoms. The van der Waals surface area contributed by atoms with Crippen LogP contribution < -0.4 is 9.46 Å². The van der Waals surface area contributed by atoms with Gasteiger partial charge in [0.25, 0.3) is 10.0 Å². The van der Waals surface area contributed by atoms with Gasteiger partial charge < -0.3 is 9.26 Å². The van der Waals surface area contributed by atoms with E-state index in [1.165, 1.54) is 0 Å². The molecule has 1 aliphatic carbocycles. The summed E-state index contributed by atoms with van der Waals surface area (Å²) in [6.45, 7) is 1.75. The summed E-state index contributed by atoms with van der Waals surface area (Å²) < 4.78 is 38.7.